The Kier molecular flexibility index (Phi) is 3.43. The predicted octanol–water partition coefficient (Wildman–Crippen LogP) is 1.93. The van der Waals surface area contributed by atoms with Crippen LogP contribution in [0.1, 0.15) is 19.3 Å². The first-order valence-corrected chi connectivity index (χ1v) is 5.60. The Morgan fingerprint density at radius 1 is 1.50 bits per heavy atom. The molecule has 0 aliphatic carbocycles. The van der Waals surface area contributed by atoms with Crippen molar-refractivity contribution in [2.45, 2.75) is 25.8 Å². The standard InChI is InChI=1S/C10H16ClN3/c11-10-7-13-8-14(10)6-3-9-1-4-12-5-2-9/h7-9,12H,1-6H2. The first-order valence-electron chi connectivity index (χ1n) is 5.22. The highest BCUT2D eigenvalue weighted by Gasteiger charge is 2.12. The molecular formula is C10H16ClN3. The highest BCUT2D eigenvalue weighted by atomic mass is 35.5. The van der Waals surface area contributed by atoms with Crippen molar-refractivity contribution in [3.05, 3.63) is 17.7 Å². The van der Waals surface area contributed by atoms with E-state index < -0.39 is 0 Å². The number of imidazole rings is 1. The van der Waals surface area contributed by atoms with Gasteiger partial charge in [0.05, 0.1) is 12.5 Å². The van der Waals surface area contributed by atoms with E-state index in [-0.39, 0.29) is 0 Å². The van der Waals surface area contributed by atoms with E-state index in [2.05, 4.69) is 10.3 Å². The summed E-state index contributed by atoms with van der Waals surface area (Å²) in [6, 6.07) is 0. The van der Waals surface area contributed by atoms with Crippen molar-refractivity contribution in [1.82, 2.24) is 14.9 Å². The van der Waals surface area contributed by atoms with Gasteiger partial charge in [0.1, 0.15) is 5.15 Å². The molecule has 1 saturated heterocycles. The zero-order valence-electron chi connectivity index (χ0n) is 8.25. The summed E-state index contributed by atoms with van der Waals surface area (Å²) in [5, 5.41) is 4.12. The minimum atomic E-state index is 0.749. The van der Waals surface area contributed by atoms with Gasteiger partial charge in [0.15, 0.2) is 0 Å². The highest BCUT2D eigenvalue weighted by molar-refractivity contribution is 6.29. The third kappa shape index (κ3) is 2.49. The molecule has 0 saturated carbocycles. The summed E-state index contributed by atoms with van der Waals surface area (Å²) in [5.41, 5.74) is 0. The lowest BCUT2D eigenvalue weighted by atomic mass is 9.95. The van der Waals surface area contributed by atoms with Crippen LogP contribution < -0.4 is 5.32 Å². The van der Waals surface area contributed by atoms with Crippen LogP contribution in [-0.4, -0.2) is 22.6 Å². The molecular weight excluding hydrogens is 198 g/mol. The fourth-order valence-electron chi connectivity index (χ4n) is 1.96. The molecule has 0 aromatic carbocycles. The second-order valence-electron chi connectivity index (χ2n) is 3.89. The van der Waals surface area contributed by atoms with Gasteiger partial charge in [-0.3, -0.25) is 0 Å². The number of halogens is 1. The number of aryl methyl sites for hydroxylation is 1. The maximum absolute atomic E-state index is 5.95. The normalized spacial score (nSPS) is 18.6. The van der Waals surface area contributed by atoms with Crippen LogP contribution in [0.4, 0.5) is 0 Å². The van der Waals surface area contributed by atoms with E-state index in [9.17, 15) is 0 Å². The Bertz CT molecular complexity index is 279. The van der Waals surface area contributed by atoms with Crippen LogP contribution in [0.25, 0.3) is 0 Å². The van der Waals surface area contributed by atoms with Gasteiger partial charge in [0.25, 0.3) is 0 Å². The van der Waals surface area contributed by atoms with Crippen LogP contribution in [0, 0.1) is 5.92 Å². The molecule has 1 N–H and O–H groups in total. The number of nitrogens with one attached hydrogen (secondary N) is 1. The average Bonchev–Trinajstić information content (AvgIpc) is 2.63. The summed E-state index contributed by atoms with van der Waals surface area (Å²) in [4.78, 5) is 4.00. The van der Waals surface area contributed by atoms with Gasteiger partial charge in [-0.1, -0.05) is 11.6 Å². The SMILES string of the molecule is Clc1cncn1CCC1CCNCC1. The van der Waals surface area contributed by atoms with E-state index in [0.29, 0.717) is 0 Å². The molecule has 1 aliphatic heterocycles. The van der Waals surface area contributed by atoms with Gasteiger partial charge < -0.3 is 9.88 Å². The second-order valence-corrected chi connectivity index (χ2v) is 4.28. The monoisotopic (exact) mass is 213 g/mol. The number of nitrogens with zero attached hydrogens (tertiary/aromatic N) is 2. The molecule has 4 heteroatoms. The zero-order chi connectivity index (χ0) is 9.80. The lowest BCUT2D eigenvalue weighted by Gasteiger charge is -2.22. The van der Waals surface area contributed by atoms with E-state index in [4.69, 9.17) is 11.6 Å². The molecule has 0 radical (unpaired) electrons. The average molecular weight is 214 g/mol. The molecule has 3 nitrogen and oxygen atoms in total. The number of hydrogen-bond acceptors (Lipinski definition) is 2. The molecule has 0 bridgehead atoms. The first kappa shape index (κ1) is 9.99. The van der Waals surface area contributed by atoms with E-state index in [1.54, 1.807) is 6.20 Å². The minimum absolute atomic E-state index is 0.749. The molecule has 14 heavy (non-hydrogen) atoms. The molecule has 2 rings (SSSR count). The van der Waals surface area contributed by atoms with Crippen molar-refractivity contribution >= 4 is 11.6 Å². The van der Waals surface area contributed by atoms with Gasteiger partial charge in [-0.25, -0.2) is 4.98 Å². The molecule has 0 spiro atoms. The number of rotatable bonds is 3. The van der Waals surface area contributed by atoms with Crippen molar-refractivity contribution in [3.63, 3.8) is 0 Å². The van der Waals surface area contributed by atoms with Crippen LogP contribution >= 0.6 is 11.6 Å². The van der Waals surface area contributed by atoms with Gasteiger partial charge in [0.2, 0.25) is 0 Å². The summed E-state index contributed by atoms with van der Waals surface area (Å²) >= 11 is 5.95. The lowest BCUT2D eigenvalue weighted by molar-refractivity contribution is 0.338. The van der Waals surface area contributed by atoms with Gasteiger partial charge >= 0.3 is 0 Å². The summed E-state index contributed by atoms with van der Waals surface area (Å²) in [6.07, 6.45) is 7.32. The van der Waals surface area contributed by atoms with Gasteiger partial charge in [-0.15, -0.1) is 0 Å². The minimum Gasteiger partial charge on any atom is -0.322 e. The second kappa shape index (κ2) is 4.80. The Labute approximate surface area is 89.5 Å². The Morgan fingerprint density at radius 2 is 2.29 bits per heavy atom. The molecule has 1 aromatic heterocycles. The van der Waals surface area contributed by atoms with Crippen LogP contribution in [0.3, 0.4) is 0 Å². The van der Waals surface area contributed by atoms with Crippen LogP contribution in [-0.2, 0) is 6.54 Å². The first-order chi connectivity index (χ1) is 6.86. The number of hydrogen-bond donors (Lipinski definition) is 1. The molecule has 0 unspecified atom stereocenters. The third-order valence-electron chi connectivity index (χ3n) is 2.90. The fourth-order valence-corrected chi connectivity index (χ4v) is 2.15. The maximum Gasteiger partial charge on any atom is 0.128 e. The predicted molar refractivity (Wildman–Crippen MR) is 57.4 cm³/mol. The topological polar surface area (TPSA) is 29.9 Å². The Morgan fingerprint density at radius 3 is 2.93 bits per heavy atom. The largest absolute Gasteiger partial charge is 0.322 e. The van der Waals surface area contributed by atoms with Crippen molar-refractivity contribution < 1.29 is 0 Å². The number of aromatic nitrogens is 2. The fraction of sp³-hybridized carbons (Fsp3) is 0.700. The van der Waals surface area contributed by atoms with Crippen molar-refractivity contribution in [2.24, 2.45) is 5.92 Å². The van der Waals surface area contributed by atoms with Crippen LogP contribution in [0.15, 0.2) is 12.5 Å². The van der Waals surface area contributed by atoms with Crippen molar-refractivity contribution in [1.29, 1.82) is 0 Å². The highest BCUT2D eigenvalue weighted by Crippen LogP contribution is 2.18. The Hall–Kier alpha value is -0.540. The molecule has 2 heterocycles. The van der Waals surface area contributed by atoms with Crippen molar-refractivity contribution in [3.8, 4) is 0 Å². The number of piperidine rings is 1. The molecule has 1 aliphatic rings. The quantitative estimate of drug-likeness (QED) is 0.832. The summed E-state index contributed by atoms with van der Waals surface area (Å²) in [6.45, 7) is 3.34. The van der Waals surface area contributed by atoms with E-state index in [1.807, 2.05) is 10.9 Å². The Balaban J connectivity index is 1.79. The molecule has 0 atom stereocenters. The van der Waals surface area contributed by atoms with E-state index >= 15 is 0 Å². The summed E-state index contributed by atoms with van der Waals surface area (Å²) in [7, 11) is 0. The van der Waals surface area contributed by atoms with Gasteiger partial charge in [-0.2, -0.15) is 0 Å². The summed E-state index contributed by atoms with van der Waals surface area (Å²) < 4.78 is 2.02. The molecule has 78 valence electrons. The smallest absolute Gasteiger partial charge is 0.128 e. The third-order valence-corrected chi connectivity index (χ3v) is 3.21. The molecule has 0 amide bonds. The van der Waals surface area contributed by atoms with Crippen LogP contribution in [0.2, 0.25) is 5.15 Å². The molecule has 1 fully saturated rings. The zero-order valence-corrected chi connectivity index (χ0v) is 9.00. The van der Waals surface area contributed by atoms with Crippen LogP contribution in [0.5, 0.6) is 0 Å². The molecule has 1 aromatic rings. The van der Waals surface area contributed by atoms with Crippen molar-refractivity contribution in [2.75, 3.05) is 13.1 Å². The maximum atomic E-state index is 5.95. The van der Waals surface area contributed by atoms with Gasteiger partial charge in [-0.05, 0) is 38.3 Å². The van der Waals surface area contributed by atoms with Gasteiger partial charge in [0, 0.05) is 6.54 Å². The van der Waals surface area contributed by atoms with E-state index in [0.717, 1.165) is 17.6 Å². The van der Waals surface area contributed by atoms with E-state index in [1.165, 1.54) is 32.4 Å². The lowest BCUT2D eigenvalue weighted by Crippen LogP contribution is -2.28. The summed E-state index contributed by atoms with van der Waals surface area (Å²) in [5.74, 6) is 0.856.